The number of hydrogen-bond acceptors (Lipinski definition) is 5. The topological polar surface area (TPSA) is 76.2 Å². The number of piperidine rings is 1. The first-order chi connectivity index (χ1) is 16.5. The lowest BCUT2D eigenvalue weighted by Crippen LogP contribution is -2.53. The number of carbonyl (C=O) groups is 1. The Morgan fingerprint density at radius 3 is 2.49 bits per heavy atom. The van der Waals surface area contributed by atoms with Crippen molar-refractivity contribution in [2.75, 3.05) is 20.2 Å². The summed E-state index contributed by atoms with van der Waals surface area (Å²) in [6.45, 7) is 6.30. The normalized spacial score (nSPS) is 20.6. The van der Waals surface area contributed by atoms with Gasteiger partial charge >= 0.3 is 6.09 Å². The maximum atomic E-state index is 14.1. The van der Waals surface area contributed by atoms with Crippen LogP contribution in [0, 0.1) is 0 Å². The van der Waals surface area contributed by atoms with Crippen LogP contribution in [0.4, 0.5) is 4.79 Å². The Labute approximate surface area is 213 Å². The number of sulfonamides is 1. The maximum Gasteiger partial charge on any atom is 0.410 e. The fraction of sp³-hybridized carbons (Fsp3) is 0.500. The molecular formula is C26H33ClN2O5S. The summed E-state index contributed by atoms with van der Waals surface area (Å²) in [6, 6.07) is 11.4. The molecule has 1 aliphatic heterocycles. The molecule has 2 aliphatic rings. The number of benzene rings is 2. The van der Waals surface area contributed by atoms with Crippen LogP contribution in [0.25, 0.3) is 0 Å². The zero-order chi connectivity index (χ0) is 25.4. The van der Waals surface area contributed by atoms with E-state index in [2.05, 4.69) is 0 Å². The van der Waals surface area contributed by atoms with Crippen LogP contribution >= 0.6 is 11.6 Å². The van der Waals surface area contributed by atoms with E-state index in [0.29, 0.717) is 30.8 Å². The fourth-order valence-corrected chi connectivity index (χ4v) is 6.93. The number of carbonyl (C=O) groups excluding carboxylic acids is 1. The summed E-state index contributed by atoms with van der Waals surface area (Å²) in [5, 5.41) is 0.475. The van der Waals surface area contributed by atoms with Gasteiger partial charge in [0.25, 0.3) is 0 Å². The van der Waals surface area contributed by atoms with Crippen molar-refractivity contribution < 1.29 is 22.7 Å². The molecule has 1 fully saturated rings. The number of hydrogen-bond donors (Lipinski definition) is 0. The van der Waals surface area contributed by atoms with E-state index < -0.39 is 21.7 Å². The quantitative estimate of drug-likeness (QED) is 0.525. The molecule has 0 bridgehead atoms. The van der Waals surface area contributed by atoms with Crippen molar-refractivity contribution in [1.29, 1.82) is 0 Å². The van der Waals surface area contributed by atoms with Crippen molar-refractivity contribution in [3.8, 4) is 5.75 Å². The third kappa shape index (κ3) is 5.60. The highest BCUT2D eigenvalue weighted by atomic mass is 35.5. The molecule has 0 spiro atoms. The number of nitrogens with zero attached hydrogens (tertiary/aromatic N) is 2. The molecular weight excluding hydrogens is 488 g/mol. The Bertz CT molecular complexity index is 1180. The minimum absolute atomic E-state index is 0.193. The highest BCUT2D eigenvalue weighted by Crippen LogP contribution is 2.42. The van der Waals surface area contributed by atoms with Crippen LogP contribution in [0.5, 0.6) is 5.75 Å². The molecule has 1 unspecified atom stereocenters. The summed E-state index contributed by atoms with van der Waals surface area (Å²) < 4.78 is 40.8. The Kier molecular flexibility index (Phi) is 7.36. The van der Waals surface area contributed by atoms with E-state index in [1.807, 2.05) is 39.0 Å². The summed E-state index contributed by atoms with van der Waals surface area (Å²) in [7, 11) is -2.26. The molecule has 0 aromatic heterocycles. The minimum atomic E-state index is -3.88. The molecule has 0 radical (unpaired) electrons. The van der Waals surface area contributed by atoms with E-state index in [4.69, 9.17) is 21.1 Å². The van der Waals surface area contributed by atoms with Crippen LogP contribution in [0.15, 0.2) is 47.4 Å². The molecule has 190 valence electrons. The summed E-state index contributed by atoms with van der Waals surface area (Å²) in [5.74, 6) is 0.755. The molecule has 1 saturated heterocycles. The lowest BCUT2D eigenvalue weighted by atomic mass is 10.0. The number of halogens is 1. The van der Waals surface area contributed by atoms with Gasteiger partial charge in [-0.15, -0.1) is 0 Å². The molecule has 7 nitrogen and oxygen atoms in total. The number of methoxy groups -OCH3 is 1. The molecule has 9 heteroatoms. The van der Waals surface area contributed by atoms with Crippen LogP contribution in [-0.2, 0) is 21.2 Å². The van der Waals surface area contributed by atoms with Crippen molar-refractivity contribution in [2.45, 2.75) is 69.0 Å². The van der Waals surface area contributed by atoms with Crippen molar-refractivity contribution >= 4 is 27.7 Å². The van der Waals surface area contributed by atoms with Gasteiger partial charge in [0, 0.05) is 24.2 Å². The summed E-state index contributed by atoms with van der Waals surface area (Å²) in [5.41, 5.74) is 1.45. The lowest BCUT2D eigenvalue weighted by molar-refractivity contribution is 0.0138. The molecule has 1 aliphatic carbocycles. The van der Waals surface area contributed by atoms with E-state index in [-0.39, 0.29) is 23.5 Å². The second-order valence-corrected chi connectivity index (χ2v) is 12.4. The second kappa shape index (κ2) is 9.99. The molecule has 1 amide bonds. The third-order valence-electron chi connectivity index (χ3n) is 6.50. The van der Waals surface area contributed by atoms with Crippen LogP contribution < -0.4 is 4.74 Å². The van der Waals surface area contributed by atoms with Gasteiger partial charge in [0.2, 0.25) is 10.0 Å². The average Bonchev–Trinajstić information content (AvgIpc) is 3.21. The highest BCUT2D eigenvalue weighted by Gasteiger charge is 2.43. The number of fused-ring (bicyclic) bond motifs is 1. The predicted octanol–water partition coefficient (Wildman–Crippen LogP) is 5.43. The first kappa shape index (κ1) is 25.8. The third-order valence-corrected chi connectivity index (χ3v) is 8.73. The molecule has 2 atom stereocenters. The number of likely N-dealkylation sites (tertiary alicyclic amines) is 1. The van der Waals surface area contributed by atoms with Gasteiger partial charge in [0.1, 0.15) is 11.4 Å². The first-order valence-corrected chi connectivity index (χ1v) is 13.8. The van der Waals surface area contributed by atoms with E-state index >= 15 is 0 Å². The largest absolute Gasteiger partial charge is 0.497 e. The van der Waals surface area contributed by atoms with E-state index in [0.717, 1.165) is 23.3 Å². The zero-order valence-electron chi connectivity index (χ0n) is 20.7. The number of ether oxygens (including phenoxy) is 2. The van der Waals surface area contributed by atoms with E-state index in [1.165, 1.54) is 0 Å². The summed E-state index contributed by atoms with van der Waals surface area (Å²) >= 11 is 6.04. The van der Waals surface area contributed by atoms with E-state index in [1.54, 1.807) is 40.6 Å². The van der Waals surface area contributed by atoms with Crippen LogP contribution in [0.1, 0.15) is 57.2 Å². The van der Waals surface area contributed by atoms with Crippen molar-refractivity contribution in [3.05, 3.63) is 58.6 Å². The zero-order valence-corrected chi connectivity index (χ0v) is 22.2. The lowest BCUT2D eigenvalue weighted by Gasteiger charge is -2.41. The number of rotatable bonds is 5. The monoisotopic (exact) mass is 520 g/mol. The van der Waals surface area contributed by atoms with Gasteiger partial charge in [0.15, 0.2) is 0 Å². The molecule has 0 saturated carbocycles. The SMILES string of the molecule is COc1ccc2c(c1)CCC2N([C@H]1CCCN(C(=O)OC(C)(C)C)C1)S(=O)(=O)c1ccc(Cl)cc1. The van der Waals surface area contributed by atoms with Crippen LogP contribution in [0.3, 0.4) is 0 Å². The van der Waals surface area contributed by atoms with Crippen molar-refractivity contribution in [1.82, 2.24) is 9.21 Å². The Morgan fingerprint density at radius 1 is 1.11 bits per heavy atom. The van der Waals surface area contributed by atoms with Gasteiger partial charge in [0.05, 0.1) is 18.0 Å². The summed E-state index contributed by atoms with van der Waals surface area (Å²) in [4.78, 5) is 14.7. The Balaban J connectivity index is 1.72. The van der Waals surface area contributed by atoms with Gasteiger partial charge in [-0.2, -0.15) is 4.31 Å². The standard InChI is InChI=1S/C26H33ClN2O5S/c1-26(2,3)34-25(30)28-15-5-6-20(17-28)29(35(31,32)22-11-8-19(27)9-12-22)24-14-7-18-16-21(33-4)10-13-23(18)24/h8-13,16,20,24H,5-7,14-15,17H2,1-4H3/t20-,24?/m0/s1. The van der Waals surface area contributed by atoms with Gasteiger partial charge in [-0.05, 0) is 94.0 Å². The first-order valence-electron chi connectivity index (χ1n) is 11.9. The molecule has 35 heavy (non-hydrogen) atoms. The van der Waals surface area contributed by atoms with Gasteiger partial charge < -0.3 is 14.4 Å². The fourth-order valence-electron chi connectivity index (χ4n) is 4.96. The van der Waals surface area contributed by atoms with Crippen molar-refractivity contribution in [3.63, 3.8) is 0 Å². The van der Waals surface area contributed by atoms with Crippen LogP contribution in [-0.4, -0.2) is 55.6 Å². The molecule has 0 N–H and O–H groups in total. The van der Waals surface area contributed by atoms with Gasteiger partial charge in [-0.25, -0.2) is 13.2 Å². The minimum Gasteiger partial charge on any atom is -0.497 e. The maximum absolute atomic E-state index is 14.1. The smallest absolute Gasteiger partial charge is 0.410 e. The number of aryl methyl sites for hydroxylation is 1. The summed E-state index contributed by atoms with van der Waals surface area (Å²) in [6.07, 6.45) is 2.36. The predicted molar refractivity (Wildman–Crippen MR) is 135 cm³/mol. The number of amides is 1. The molecule has 1 heterocycles. The van der Waals surface area contributed by atoms with Crippen LogP contribution in [0.2, 0.25) is 5.02 Å². The highest BCUT2D eigenvalue weighted by molar-refractivity contribution is 7.89. The van der Waals surface area contributed by atoms with Gasteiger partial charge in [-0.1, -0.05) is 17.7 Å². The average molecular weight is 521 g/mol. The van der Waals surface area contributed by atoms with E-state index in [9.17, 15) is 13.2 Å². The Morgan fingerprint density at radius 2 is 1.83 bits per heavy atom. The van der Waals surface area contributed by atoms with Gasteiger partial charge in [-0.3, -0.25) is 0 Å². The van der Waals surface area contributed by atoms with Crippen molar-refractivity contribution in [2.24, 2.45) is 0 Å². The molecule has 2 aromatic rings. The second-order valence-electron chi connectivity index (χ2n) is 10.1. The molecule has 2 aromatic carbocycles. The molecule has 4 rings (SSSR count). The Hall–Kier alpha value is -2.29.